The van der Waals surface area contributed by atoms with Crippen molar-refractivity contribution in [2.24, 2.45) is 5.73 Å². The fourth-order valence-corrected chi connectivity index (χ4v) is 3.08. The van der Waals surface area contributed by atoms with Gasteiger partial charge in [-0.05, 0) is 17.7 Å². The molecule has 1 saturated heterocycles. The normalized spacial score (nSPS) is 17.8. The Morgan fingerprint density at radius 1 is 1.33 bits per heavy atom. The van der Waals surface area contributed by atoms with Gasteiger partial charge in [0.1, 0.15) is 12.4 Å². The largest absolute Gasteiger partial charge is 0.492 e. The minimum atomic E-state index is -0.603. The van der Waals surface area contributed by atoms with E-state index in [0.717, 1.165) is 42.5 Å². The lowest BCUT2D eigenvalue weighted by Gasteiger charge is -2.25. The molecule has 1 aliphatic rings. The van der Waals surface area contributed by atoms with Crippen LogP contribution < -0.4 is 10.5 Å². The van der Waals surface area contributed by atoms with Crippen LogP contribution >= 0.6 is 0 Å². The van der Waals surface area contributed by atoms with Gasteiger partial charge in [0.05, 0.1) is 0 Å². The molecule has 100 valence electrons. The van der Waals surface area contributed by atoms with Crippen LogP contribution in [-0.2, 0) is 17.3 Å². The van der Waals surface area contributed by atoms with Crippen molar-refractivity contribution in [3.05, 3.63) is 29.8 Å². The molecule has 2 N–H and O–H groups in total. The summed E-state index contributed by atoms with van der Waals surface area (Å²) in [7, 11) is -0.603. The van der Waals surface area contributed by atoms with Crippen LogP contribution in [-0.4, -0.2) is 46.9 Å². The maximum atomic E-state index is 11.2. The van der Waals surface area contributed by atoms with E-state index in [0.29, 0.717) is 13.2 Å². The zero-order valence-electron chi connectivity index (χ0n) is 10.5. The fraction of sp³-hybridized carbons (Fsp3) is 0.538. The monoisotopic (exact) mass is 268 g/mol. The van der Waals surface area contributed by atoms with Crippen LogP contribution in [0, 0.1) is 0 Å². The van der Waals surface area contributed by atoms with Crippen LogP contribution in [0.3, 0.4) is 0 Å². The van der Waals surface area contributed by atoms with Gasteiger partial charge in [-0.2, -0.15) is 0 Å². The minimum absolute atomic E-state index is 0.537. The van der Waals surface area contributed by atoms with Gasteiger partial charge in [0.2, 0.25) is 0 Å². The first-order valence-electron chi connectivity index (χ1n) is 6.27. The Morgan fingerprint density at radius 3 is 2.83 bits per heavy atom. The van der Waals surface area contributed by atoms with E-state index in [-0.39, 0.29) is 0 Å². The molecule has 4 nitrogen and oxygen atoms in total. The topological polar surface area (TPSA) is 55.6 Å². The van der Waals surface area contributed by atoms with E-state index in [1.165, 1.54) is 0 Å². The number of nitrogens with zero attached hydrogens (tertiary/aromatic N) is 1. The minimum Gasteiger partial charge on any atom is -0.492 e. The van der Waals surface area contributed by atoms with E-state index in [1.54, 1.807) is 0 Å². The van der Waals surface area contributed by atoms with Gasteiger partial charge in [0, 0.05) is 48.5 Å². The van der Waals surface area contributed by atoms with Crippen LogP contribution in [0.5, 0.6) is 5.75 Å². The quantitative estimate of drug-likeness (QED) is 0.849. The summed E-state index contributed by atoms with van der Waals surface area (Å²) >= 11 is 0. The molecule has 0 saturated carbocycles. The molecule has 2 rings (SSSR count). The molecule has 1 aliphatic heterocycles. The molecule has 0 bridgehead atoms. The predicted octanol–water partition coefficient (Wildman–Crippen LogP) is 0.588. The Kier molecular flexibility index (Phi) is 5.16. The maximum absolute atomic E-state index is 11.2. The molecular weight excluding hydrogens is 248 g/mol. The molecule has 0 radical (unpaired) electrons. The molecule has 0 atom stereocenters. The molecule has 0 unspecified atom stereocenters. The molecule has 1 fully saturated rings. The number of hydrogen-bond acceptors (Lipinski definition) is 4. The van der Waals surface area contributed by atoms with E-state index < -0.39 is 10.8 Å². The highest BCUT2D eigenvalue weighted by molar-refractivity contribution is 7.85. The lowest BCUT2D eigenvalue weighted by atomic mass is 10.2. The molecule has 0 aliphatic carbocycles. The van der Waals surface area contributed by atoms with Crippen molar-refractivity contribution in [1.82, 2.24) is 4.90 Å². The highest BCUT2D eigenvalue weighted by Gasteiger charge is 2.14. The van der Waals surface area contributed by atoms with Gasteiger partial charge in [0.15, 0.2) is 0 Å². The van der Waals surface area contributed by atoms with E-state index >= 15 is 0 Å². The van der Waals surface area contributed by atoms with Crippen molar-refractivity contribution < 1.29 is 8.95 Å². The first kappa shape index (κ1) is 13.5. The number of benzene rings is 1. The summed E-state index contributed by atoms with van der Waals surface area (Å²) in [5.74, 6) is 2.46. The average Bonchev–Trinajstić information content (AvgIpc) is 2.41. The van der Waals surface area contributed by atoms with Gasteiger partial charge in [-0.3, -0.25) is 9.11 Å². The van der Waals surface area contributed by atoms with Crippen molar-refractivity contribution in [1.29, 1.82) is 0 Å². The number of nitrogens with two attached hydrogens (primary N) is 1. The van der Waals surface area contributed by atoms with Crippen LogP contribution in [0.4, 0.5) is 0 Å². The Bertz CT molecular complexity index is 402. The average molecular weight is 268 g/mol. The molecule has 0 aromatic heterocycles. The summed E-state index contributed by atoms with van der Waals surface area (Å²) in [6.45, 7) is 3.93. The Hall–Kier alpha value is -0.910. The molecule has 0 amide bonds. The Labute approximate surface area is 111 Å². The molecule has 0 spiro atoms. The van der Waals surface area contributed by atoms with Crippen molar-refractivity contribution in [2.75, 3.05) is 37.7 Å². The highest BCUT2D eigenvalue weighted by Crippen LogP contribution is 2.12. The third kappa shape index (κ3) is 4.08. The van der Waals surface area contributed by atoms with Crippen LogP contribution in [0.1, 0.15) is 5.56 Å². The summed E-state index contributed by atoms with van der Waals surface area (Å²) in [4.78, 5) is 2.30. The smallest absolute Gasteiger partial charge is 0.119 e. The third-order valence-electron chi connectivity index (χ3n) is 3.08. The van der Waals surface area contributed by atoms with Crippen molar-refractivity contribution in [3.63, 3.8) is 0 Å². The molecule has 1 aromatic rings. The van der Waals surface area contributed by atoms with E-state index in [9.17, 15) is 4.21 Å². The summed E-state index contributed by atoms with van der Waals surface area (Å²) < 4.78 is 16.9. The van der Waals surface area contributed by atoms with Crippen molar-refractivity contribution >= 4 is 10.8 Å². The standard InChI is InChI=1S/C13H20N2O2S/c14-11-12-2-1-3-13(10-12)17-7-4-15-5-8-18(16)9-6-15/h1-3,10H,4-9,11,14H2. The Balaban J connectivity index is 1.73. The van der Waals surface area contributed by atoms with Gasteiger partial charge in [-0.15, -0.1) is 0 Å². The van der Waals surface area contributed by atoms with Crippen LogP contribution in [0.2, 0.25) is 0 Å². The van der Waals surface area contributed by atoms with E-state index in [4.69, 9.17) is 10.5 Å². The van der Waals surface area contributed by atoms with Gasteiger partial charge in [0.25, 0.3) is 0 Å². The molecule has 18 heavy (non-hydrogen) atoms. The molecule has 1 heterocycles. The van der Waals surface area contributed by atoms with Crippen molar-refractivity contribution in [2.45, 2.75) is 6.54 Å². The second kappa shape index (κ2) is 6.87. The van der Waals surface area contributed by atoms with Gasteiger partial charge >= 0.3 is 0 Å². The highest BCUT2D eigenvalue weighted by atomic mass is 32.2. The SMILES string of the molecule is NCc1cccc(OCCN2CCS(=O)CC2)c1. The Morgan fingerprint density at radius 2 is 2.11 bits per heavy atom. The number of hydrogen-bond donors (Lipinski definition) is 1. The number of rotatable bonds is 5. The van der Waals surface area contributed by atoms with Gasteiger partial charge < -0.3 is 10.5 Å². The molecule has 1 aromatic carbocycles. The first-order chi connectivity index (χ1) is 8.78. The fourth-order valence-electron chi connectivity index (χ4n) is 1.95. The van der Waals surface area contributed by atoms with Gasteiger partial charge in [-0.25, -0.2) is 0 Å². The first-order valence-corrected chi connectivity index (χ1v) is 7.76. The third-order valence-corrected chi connectivity index (χ3v) is 4.36. The zero-order valence-corrected chi connectivity index (χ0v) is 11.3. The number of ether oxygens (including phenoxy) is 1. The summed E-state index contributed by atoms with van der Waals surface area (Å²) in [6, 6.07) is 7.88. The zero-order chi connectivity index (χ0) is 12.8. The second-order valence-corrected chi connectivity index (χ2v) is 6.09. The van der Waals surface area contributed by atoms with Gasteiger partial charge in [-0.1, -0.05) is 12.1 Å². The van der Waals surface area contributed by atoms with Crippen LogP contribution in [0.25, 0.3) is 0 Å². The summed E-state index contributed by atoms with van der Waals surface area (Å²) in [6.07, 6.45) is 0. The van der Waals surface area contributed by atoms with Crippen molar-refractivity contribution in [3.8, 4) is 5.75 Å². The lowest BCUT2D eigenvalue weighted by Crippen LogP contribution is -2.39. The van der Waals surface area contributed by atoms with E-state index in [2.05, 4.69) is 4.90 Å². The molecule has 5 heteroatoms. The second-order valence-electron chi connectivity index (χ2n) is 4.39. The van der Waals surface area contributed by atoms with Crippen LogP contribution in [0.15, 0.2) is 24.3 Å². The molecular formula is C13H20N2O2S. The summed E-state index contributed by atoms with van der Waals surface area (Å²) in [5.41, 5.74) is 6.67. The lowest BCUT2D eigenvalue weighted by molar-refractivity contribution is 0.221. The van der Waals surface area contributed by atoms with E-state index in [1.807, 2.05) is 24.3 Å². The predicted molar refractivity (Wildman–Crippen MR) is 74.1 cm³/mol. The summed E-state index contributed by atoms with van der Waals surface area (Å²) in [5, 5.41) is 0. The maximum Gasteiger partial charge on any atom is 0.119 e.